The topological polar surface area (TPSA) is 42.4 Å². The van der Waals surface area contributed by atoms with Crippen LogP contribution in [0.1, 0.15) is 26.2 Å². The third kappa shape index (κ3) is 2.77. The van der Waals surface area contributed by atoms with E-state index >= 15 is 0 Å². The fraction of sp³-hybridized carbons (Fsp3) is 0.467. The molecule has 0 N–H and O–H groups in total. The number of hydrogen-bond donors (Lipinski definition) is 0. The lowest BCUT2D eigenvalue weighted by atomic mass is 10.1. The molecule has 1 aromatic heterocycles. The second-order valence-corrected chi connectivity index (χ2v) is 5.99. The van der Waals surface area contributed by atoms with Crippen molar-refractivity contribution in [2.24, 2.45) is 0 Å². The highest BCUT2D eigenvalue weighted by Crippen LogP contribution is 2.29. The van der Waals surface area contributed by atoms with Crippen molar-refractivity contribution in [3.63, 3.8) is 0 Å². The monoisotopic (exact) mass is 290 g/mol. The van der Waals surface area contributed by atoms with Crippen LogP contribution >= 0.6 is 11.3 Å². The molecule has 4 nitrogen and oxygen atoms in total. The number of thiazole rings is 1. The number of rotatable bonds is 3. The Labute approximate surface area is 122 Å². The molecular formula is C15H18N2O2S. The Morgan fingerprint density at radius 1 is 1.40 bits per heavy atom. The van der Waals surface area contributed by atoms with Crippen molar-refractivity contribution in [2.75, 3.05) is 13.1 Å². The summed E-state index contributed by atoms with van der Waals surface area (Å²) >= 11 is 1.59. The maximum Gasteiger partial charge on any atom is 0.274 e. The van der Waals surface area contributed by atoms with Crippen LogP contribution < -0.4 is 4.74 Å². The van der Waals surface area contributed by atoms with E-state index in [1.807, 2.05) is 30.0 Å². The highest BCUT2D eigenvalue weighted by atomic mass is 32.1. The Kier molecular flexibility index (Phi) is 3.87. The standard InChI is InChI=1S/C15H18N2O2S/c1-2-14(18)17-9-7-11(8-10-17)19-15-16-12-5-3-4-6-13(12)20-15/h3-6,11H,2,7-10H2,1H3. The molecular weight excluding hydrogens is 272 g/mol. The van der Waals surface area contributed by atoms with Crippen molar-refractivity contribution in [2.45, 2.75) is 32.3 Å². The van der Waals surface area contributed by atoms with Crippen LogP contribution in [0.3, 0.4) is 0 Å². The molecule has 0 unspecified atom stereocenters. The molecule has 20 heavy (non-hydrogen) atoms. The summed E-state index contributed by atoms with van der Waals surface area (Å²) < 4.78 is 7.13. The van der Waals surface area contributed by atoms with Crippen molar-refractivity contribution < 1.29 is 9.53 Å². The van der Waals surface area contributed by atoms with E-state index in [-0.39, 0.29) is 12.0 Å². The van der Waals surface area contributed by atoms with Crippen LogP contribution in [-0.4, -0.2) is 35.0 Å². The summed E-state index contributed by atoms with van der Waals surface area (Å²) in [5, 5.41) is 0.742. The van der Waals surface area contributed by atoms with Crippen molar-refractivity contribution in [1.82, 2.24) is 9.88 Å². The van der Waals surface area contributed by atoms with E-state index in [0.29, 0.717) is 6.42 Å². The fourth-order valence-electron chi connectivity index (χ4n) is 2.49. The summed E-state index contributed by atoms with van der Waals surface area (Å²) in [6.45, 7) is 3.50. The molecule has 0 bridgehead atoms. The lowest BCUT2D eigenvalue weighted by molar-refractivity contribution is -0.132. The number of aromatic nitrogens is 1. The van der Waals surface area contributed by atoms with Gasteiger partial charge in [-0.2, -0.15) is 0 Å². The highest BCUT2D eigenvalue weighted by Gasteiger charge is 2.23. The van der Waals surface area contributed by atoms with Crippen LogP contribution in [-0.2, 0) is 4.79 Å². The third-order valence-corrected chi connectivity index (χ3v) is 4.57. The average Bonchev–Trinajstić information content (AvgIpc) is 2.89. The van der Waals surface area contributed by atoms with E-state index in [0.717, 1.165) is 41.3 Å². The Hall–Kier alpha value is -1.62. The first-order chi connectivity index (χ1) is 9.76. The number of amides is 1. The summed E-state index contributed by atoms with van der Waals surface area (Å²) in [5.41, 5.74) is 0.992. The number of carbonyl (C=O) groups excluding carboxylic acids is 1. The quantitative estimate of drug-likeness (QED) is 0.872. The van der Waals surface area contributed by atoms with Gasteiger partial charge in [0.2, 0.25) is 5.91 Å². The predicted molar refractivity (Wildman–Crippen MR) is 80.1 cm³/mol. The molecule has 0 aliphatic carbocycles. The molecule has 1 saturated heterocycles. The first-order valence-electron chi connectivity index (χ1n) is 7.06. The molecule has 1 fully saturated rings. The van der Waals surface area contributed by atoms with Crippen molar-refractivity contribution >= 4 is 27.5 Å². The predicted octanol–water partition coefficient (Wildman–Crippen LogP) is 3.08. The molecule has 1 aliphatic heterocycles. The van der Waals surface area contributed by atoms with Gasteiger partial charge in [0, 0.05) is 32.4 Å². The van der Waals surface area contributed by atoms with Gasteiger partial charge in [-0.25, -0.2) is 4.98 Å². The fourth-order valence-corrected chi connectivity index (χ4v) is 3.37. The zero-order valence-electron chi connectivity index (χ0n) is 11.5. The van der Waals surface area contributed by atoms with E-state index in [2.05, 4.69) is 11.1 Å². The molecule has 0 atom stereocenters. The van der Waals surface area contributed by atoms with Gasteiger partial charge < -0.3 is 9.64 Å². The molecule has 106 valence electrons. The highest BCUT2D eigenvalue weighted by molar-refractivity contribution is 7.20. The van der Waals surface area contributed by atoms with Crippen molar-refractivity contribution in [1.29, 1.82) is 0 Å². The minimum atomic E-state index is 0.177. The minimum absolute atomic E-state index is 0.177. The van der Waals surface area contributed by atoms with Crippen LogP contribution in [0.15, 0.2) is 24.3 Å². The largest absolute Gasteiger partial charge is 0.467 e. The van der Waals surface area contributed by atoms with Crippen LogP contribution in [0.5, 0.6) is 5.19 Å². The smallest absolute Gasteiger partial charge is 0.274 e. The van der Waals surface area contributed by atoms with E-state index in [1.54, 1.807) is 11.3 Å². The number of piperidine rings is 1. The molecule has 1 aliphatic rings. The number of para-hydroxylation sites is 1. The maximum atomic E-state index is 11.6. The van der Waals surface area contributed by atoms with Crippen LogP contribution in [0, 0.1) is 0 Å². The number of fused-ring (bicyclic) bond motifs is 1. The molecule has 0 spiro atoms. The van der Waals surface area contributed by atoms with Gasteiger partial charge in [0.15, 0.2) is 0 Å². The molecule has 0 saturated carbocycles. The number of ether oxygens (including phenoxy) is 1. The van der Waals surface area contributed by atoms with Gasteiger partial charge in [-0.15, -0.1) is 0 Å². The van der Waals surface area contributed by atoms with Crippen LogP contribution in [0.4, 0.5) is 0 Å². The van der Waals surface area contributed by atoms with Crippen molar-refractivity contribution in [3.05, 3.63) is 24.3 Å². The van der Waals surface area contributed by atoms with Crippen LogP contribution in [0.25, 0.3) is 10.2 Å². The number of hydrogen-bond acceptors (Lipinski definition) is 4. The maximum absolute atomic E-state index is 11.6. The first-order valence-corrected chi connectivity index (χ1v) is 7.88. The third-order valence-electron chi connectivity index (χ3n) is 3.64. The average molecular weight is 290 g/mol. The summed E-state index contributed by atoms with van der Waals surface area (Å²) in [7, 11) is 0. The number of likely N-dealkylation sites (tertiary alicyclic amines) is 1. The zero-order valence-corrected chi connectivity index (χ0v) is 12.4. The number of benzene rings is 1. The molecule has 2 aromatic rings. The van der Waals surface area contributed by atoms with Gasteiger partial charge in [-0.3, -0.25) is 4.79 Å². The Balaban J connectivity index is 1.60. The lowest BCUT2D eigenvalue weighted by Gasteiger charge is -2.31. The molecule has 0 radical (unpaired) electrons. The molecule has 5 heteroatoms. The van der Waals surface area contributed by atoms with Gasteiger partial charge >= 0.3 is 0 Å². The molecule has 2 heterocycles. The number of carbonyl (C=O) groups is 1. The SMILES string of the molecule is CCC(=O)N1CCC(Oc2nc3ccccc3s2)CC1. The Morgan fingerprint density at radius 3 is 2.85 bits per heavy atom. The minimum Gasteiger partial charge on any atom is -0.467 e. The van der Waals surface area contributed by atoms with E-state index < -0.39 is 0 Å². The molecule has 1 aromatic carbocycles. The van der Waals surface area contributed by atoms with Gasteiger partial charge in [0.1, 0.15) is 6.10 Å². The summed E-state index contributed by atoms with van der Waals surface area (Å²) in [6.07, 6.45) is 2.55. The van der Waals surface area contributed by atoms with E-state index in [9.17, 15) is 4.79 Å². The number of nitrogens with zero attached hydrogens (tertiary/aromatic N) is 2. The Morgan fingerprint density at radius 2 is 2.15 bits per heavy atom. The second-order valence-electron chi connectivity index (χ2n) is 5.00. The van der Waals surface area contributed by atoms with E-state index in [1.165, 1.54) is 0 Å². The molecule has 3 rings (SSSR count). The Bertz CT molecular complexity index is 570. The lowest BCUT2D eigenvalue weighted by Crippen LogP contribution is -2.41. The van der Waals surface area contributed by atoms with Gasteiger partial charge in [0.25, 0.3) is 5.19 Å². The van der Waals surface area contributed by atoms with Gasteiger partial charge in [-0.05, 0) is 12.1 Å². The van der Waals surface area contributed by atoms with Crippen molar-refractivity contribution in [3.8, 4) is 5.19 Å². The second kappa shape index (κ2) is 5.79. The summed E-state index contributed by atoms with van der Waals surface area (Å²) in [6, 6.07) is 8.06. The van der Waals surface area contributed by atoms with Crippen LogP contribution in [0.2, 0.25) is 0 Å². The summed E-state index contributed by atoms with van der Waals surface area (Å²) in [4.78, 5) is 18.0. The normalized spacial score (nSPS) is 16.6. The summed E-state index contributed by atoms with van der Waals surface area (Å²) in [5.74, 6) is 0.239. The van der Waals surface area contributed by atoms with Gasteiger partial charge in [0.05, 0.1) is 10.2 Å². The first kappa shape index (κ1) is 13.4. The van der Waals surface area contributed by atoms with Gasteiger partial charge in [-0.1, -0.05) is 30.4 Å². The zero-order chi connectivity index (χ0) is 13.9. The van der Waals surface area contributed by atoms with E-state index in [4.69, 9.17) is 4.74 Å². The molecule has 1 amide bonds.